The Hall–Kier alpha value is -1.81. The molecule has 0 bridgehead atoms. The lowest BCUT2D eigenvalue weighted by molar-refractivity contribution is 0.779. The summed E-state index contributed by atoms with van der Waals surface area (Å²) >= 11 is 5.96. The first-order valence-electron chi connectivity index (χ1n) is 6.33. The summed E-state index contributed by atoms with van der Waals surface area (Å²) in [5, 5.41) is 0.361. The number of hydrogen-bond donors (Lipinski definition) is 1. The summed E-state index contributed by atoms with van der Waals surface area (Å²) in [6, 6.07) is 11.8. The number of halogens is 1. The second-order valence-electron chi connectivity index (χ2n) is 4.25. The SMILES string of the molecule is CCCCN(c1ccccc1)c1cc(Cl)nc(N)n1. The van der Waals surface area contributed by atoms with Crippen molar-refractivity contribution in [2.24, 2.45) is 0 Å². The van der Waals surface area contributed by atoms with Gasteiger partial charge in [0.05, 0.1) is 0 Å². The van der Waals surface area contributed by atoms with Crippen LogP contribution < -0.4 is 10.6 Å². The summed E-state index contributed by atoms with van der Waals surface area (Å²) in [5.74, 6) is 0.928. The van der Waals surface area contributed by atoms with Gasteiger partial charge in [-0.15, -0.1) is 0 Å². The van der Waals surface area contributed by atoms with Crippen LogP contribution in [0.15, 0.2) is 36.4 Å². The van der Waals surface area contributed by atoms with Crippen LogP contribution in [0.25, 0.3) is 0 Å². The van der Waals surface area contributed by atoms with Gasteiger partial charge in [0.1, 0.15) is 11.0 Å². The standard InChI is InChI=1S/C14H17ClN4/c1-2-3-9-19(11-7-5-4-6-8-11)13-10-12(15)17-14(16)18-13/h4-8,10H,2-3,9H2,1H3,(H2,16,17,18). The monoisotopic (exact) mass is 276 g/mol. The molecule has 0 spiro atoms. The minimum atomic E-state index is 0.194. The third-order valence-corrected chi connectivity index (χ3v) is 2.97. The van der Waals surface area contributed by atoms with Crippen LogP contribution in [0.1, 0.15) is 19.8 Å². The molecule has 1 aromatic heterocycles. The summed E-state index contributed by atoms with van der Waals surface area (Å²) < 4.78 is 0. The van der Waals surface area contributed by atoms with Crippen LogP contribution in [0.5, 0.6) is 0 Å². The Labute approximate surface area is 118 Å². The molecule has 0 unspecified atom stereocenters. The molecule has 0 aliphatic carbocycles. The molecular formula is C14H17ClN4. The number of nitrogens with zero attached hydrogens (tertiary/aromatic N) is 3. The van der Waals surface area contributed by atoms with E-state index in [2.05, 4.69) is 21.8 Å². The van der Waals surface area contributed by atoms with E-state index < -0.39 is 0 Å². The molecule has 0 saturated heterocycles. The van der Waals surface area contributed by atoms with Crippen molar-refractivity contribution in [3.8, 4) is 0 Å². The maximum atomic E-state index is 5.96. The van der Waals surface area contributed by atoms with Crippen molar-refractivity contribution in [2.75, 3.05) is 17.2 Å². The van der Waals surface area contributed by atoms with Crippen molar-refractivity contribution in [3.63, 3.8) is 0 Å². The number of nitrogens with two attached hydrogens (primary N) is 1. The van der Waals surface area contributed by atoms with Gasteiger partial charge < -0.3 is 10.6 Å². The molecule has 19 heavy (non-hydrogen) atoms. The Morgan fingerprint density at radius 3 is 2.58 bits per heavy atom. The minimum absolute atomic E-state index is 0.194. The molecule has 1 heterocycles. The number of nitrogen functional groups attached to an aromatic ring is 1. The highest BCUT2D eigenvalue weighted by Gasteiger charge is 2.11. The number of rotatable bonds is 5. The number of aromatic nitrogens is 2. The summed E-state index contributed by atoms with van der Waals surface area (Å²) in [5.41, 5.74) is 6.74. The molecule has 0 aliphatic rings. The predicted octanol–water partition coefficient (Wildman–Crippen LogP) is 3.65. The molecule has 0 amide bonds. The summed E-state index contributed by atoms with van der Waals surface area (Å²) in [6.45, 7) is 3.03. The fourth-order valence-electron chi connectivity index (χ4n) is 1.86. The van der Waals surface area contributed by atoms with Crippen molar-refractivity contribution in [2.45, 2.75) is 19.8 Å². The van der Waals surface area contributed by atoms with Crippen LogP contribution in [0.4, 0.5) is 17.5 Å². The van der Waals surface area contributed by atoms with E-state index in [4.69, 9.17) is 17.3 Å². The van der Waals surface area contributed by atoms with E-state index in [0.29, 0.717) is 5.15 Å². The van der Waals surface area contributed by atoms with E-state index in [1.54, 1.807) is 6.07 Å². The van der Waals surface area contributed by atoms with Crippen LogP contribution in [0.3, 0.4) is 0 Å². The van der Waals surface area contributed by atoms with Crippen LogP contribution in [0.2, 0.25) is 5.15 Å². The smallest absolute Gasteiger partial charge is 0.223 e. The van der Waals surface area contributed by atoms with Gasteiger partial charge in [0, 0.05) is 18.3 Å². The molecular weight excluding hydrogens is 260 g/mol. The van der Waals surface area contributed by atoms with Gasteiger partial charge in [-0.1, -0.05) is 43.1 Å². The van der Waals surface area contributed by atoms with Crippen LogP contribution in [-0.4, -0.2) is 16.5 Å². The third kappa shape index (κ3) is 3.58. The first-order chi connectivity index (χ1) is 9.20. The number of anilines is 3. The maximum absolute atomic E-state index is 5.96. The van der Waals surface area contributed by atoms with Gasteiger partial charge in [0.15, 0.2) is 0 Å². The Kier molecular flexibility index (Phi) is 4.58. The topological polar surface area (TPSA) is 55.0 Å². The molecule has 0 fully saturated rings. The lowest BCUT2D eigenvalue weighted by Gasteiger charge is -2.23. The molecule has 0 atom stereocenters. The average molecular weight is 277 g/mol. The third-order valence-electron chi connectivity index (χ3n) is 2.78. The van der Waals surface area contributed by atoms with Crippen LogP contribution in [-0.2, 0) is 0 Å². The molecule has 2 aromatic rings. The van der Waals surface area contributed by atoms with Gasteiger partial charge in [-0.3, -0.25) is 0 Å². The molecule has 1 aromatic carbocycles. The molecule has 0 radical (unpaired) electrons. The Morgan fingerprint density at radius 2 is 1.95 bits per heavy atom. The first-order valence-corrected chi connectivity index (χ1v) is 6.71. The number of unbranched alkanes of at least 4 members (excludes halogenated alkanes) is 1. The second-order valence-corrected chi connectivity index (χ2v) is 4.64. The van der Waals surface area contributed by atoms with E-state index in [1.807, 2.05) is 30.3 Å². The molecule has 2 N–H and O–H groups in total. The zero-order valence-electron chi connectivity index (χ0n) is 10.9. The molecule has 100 valence electrons. The van der Waals surface area contributed by atoms with Crippen molar-refractivity contribution in [1.29, 1.82) is 0 Å². The van der Waals surface area contributed by atoms with Crippen LogP contribution >= 0.6 is 11.6 Å². The predicted molar refractivity (Wildman–Crippen MR) is 79.8 cm³/mol. The average Bonchev–Trinajstić information content (AvgIpc) is 2.39. The molecule has 2 rings (SSSR count). The Bertz CT molecular complexity index is 510. The minimum Gasteiger partial charge on any atom is -0.368 e. The highest BCUT2D eigenvalue weighted by molar-refractivity contribution is 6.29. The van der Waals surface area contributed by atoms with Crippen molar-refractivity contribution in [1.82, 2.24) is 9.97 Å². The van der Waals surface area contributed by atoms with E-state index >= 15 is 0 Å². The van der Waals surface area contributed by atoms with Gasteiger partial charge in [0.2, 0.25) is 5.95 Å². The highest BCUT2D eigenvalue weighted by atomic mass is 35.5. The van der Waals surface area contributed by atoms with Crippen molar-refractivity contribution < 1.29 is 0 Å². The summed E-state index contributed by atoms with van der Waals surface area (Å²) in [6.07, 6.45) is 2.17. The van der Waals surface area contributed by atoms with Gasteiger partial charge in [-0.05, 0) is 18.6 Å². The fraction of sp³-hybridized carbons (Fsp3) is 0.286. The zero-order valence-corrected chi connectivity index (χ0v) is 11.6. The van der Waals surface area contributed by atoms with E-state index in [1.165, 1.54) is 0 Å². The quantitative estimate of drug-likeness (QED) is 0.847. The highest BCUT2D eigenvalue weighted by Crippen LogP contribution is 2.26. The number of para-hydroxylation sites is 1. The number of benzene rings is 1. The molecule has 4 nitrogen and oxygen atoms in total. The normalized spacial score (nSPS) is 10.4. The Morgan fingerprint density at radius 1 is 1.21 bits per heavy atom. The van der Waals surface area contributed by atoms with Crippen molar-refractivity contribution >= 4 is 29.1 Å². The largest absolute Gasteiger partial charge is 0.368 e. The van der Waals surface area contributed by atoms with Crippen LogP contribution in [0, 0.1) is 0 Å². The molecule has 0 saturated carbocycles. The lowest BCUT2D eigenvalue weighted by atomic mass is 10.2. The van der Waals surface area contributed by atoms with Crippen molar-refractivity contribution in [3.05, 3.63) is 41.6 Å². The number of hydrogen-bond acceptors (Lipinski definition) is 4. The van der Waals surface area contributed by atoms with Gasteiger partial charge in [-0.25, -0.2) is 4.98 Å². The first kappa shape index (κ1) is 13.6. The second kappa shape index (κ2) is 6.38. The van der Waals surface area contributed by atoms with E-state index in [-0.39, 0.29) is 5.95 Å². The maximum Gasteiger partial charge on any atom is 0.223 e. The van der Waals surface area contributed by atoms with Gasteiger partial charge in [0.25, 0.3) is 0 Å². The zero-order chi connectivity index (χ0) is 13.7. The lowest BCUT2D eigenvalue weighted by Crippen LogP contribution is -2.20. The van der Waals surface area contributed by atoms with Gasteiger partial charge in [-0.2, -0.15) is 4.98 Å². The van der Waals surface area contributed by atoms with E-state index in [9.17, 15) is 0 Å². The summed E-state index contributed by atoms with van der Waals surface area (Å²) in [4.78, 5) is 10.3. The summed E-state index contributed by atoms with van der Waals surface area (Å²) in [7, 11) is 0. The fourth-order valence-corrected chi connectivity index (χ4v) is 2.05. The molecule has 5 heteroatoms. The van der Waals surface area contributed by atoms with E-state index in [0.717, 1.165) is 30.9 Å². The Balaban J connectivity index is 2.36. The van der Waals surface area contributed by atoms with Gasteiger partial charge >= 0.3 is 0 Å². The molecule has 0 aliphatic heterocycles.